The Labute approximate surface area is 119 Å². The summed E-state index contributed by atoms with van der Waals surface area (Å²) in [6, 6.07) is 8.86. The molecule has 1 aliphatic rings. The number of benzene rings is 1. The fourth-order valence-electron chi connectivity index (χ4n) is 2.45. The molecule has 2 rings (SSSR count). The van der Waals surface area contributed by atoms with Gasteiger partial charge in [0.25, 0.3) is 0 Å². The largest absolute Gasteiger partial charge is 0.395 e. The van der Waals surface area contributed by atoms with Crippen LogP contribution >= 0.6 is 11.8 Å². The van der Waals surface area contributed by atoms with E-state index in [1.54, 1.807) is 11.8 Å². The van der Waals surface area contributed by atoms with E-state index in [0.29, 0.717) is 12.6 Å². The van der Waals surface area contributed by atoms with Crippen molar-refractivity contribution in [2.24, 2.45) is 0 Å². The van der Waals surface area contributed by atoms with Crippen LogP contribution in [0.5, 0.6) is 0 Å². The van der Waals surface area contributed by atoms with Gasteiger partial charge in [0.1, 0.15) is 6.07 Å². The van der Waals surface area contributed by atoms with Gasteiger partial charge in [-0.15, -0.1) is 11.8 Å². The number of hydrogen-bond acceptors (Lipinski definition) is 4. The molecule has 0 atom stereocenters. The Morgan fingerprint density at radius 3 is 2.79 bits per heavy atom. The molecule has 0 unspecified atom stereocenters. The van der Waals surface area contributed by atoms with Crippen LogP contribution in [-0.4, -0.2) is 30.1 Å². The molecule has 102 valence electrons. The van der Waals surface area contributed by atoms with Gasteiger partial charge in [0, 0.05) is 17.5 Å². The summed E-state index contributed by atoms with van der Waals surface area (Å²) in [6.07, 6.45) is 3.57. The summed E-state index contributed by atoms with van der Waals surface area (Å²) in [7, 11) is 0. The van der Waals surface area contributed by atoms with Crippen LogP contribution in [0.25, 0.3) is 0 Å². The third kappa shape index (κ3) is 3.05. The average Bonchev–Trinajstić information content (AvgIpc) is 2.36. The number of anilines is 1. The van der Waals surface area contributed by atoms with Gasteiger partial charge in [0.05, 0.1) is 17.9 Å². The van der Waals surface area contributed by atoms with Crippen LogP contribution in [0.1, 0.15) is 31.7 Å². The first-order valence-corrected chi connectivity index (χ1v) is 7.83. The zero-order valence-electron chi connectivity index (χ0n) is 11.3. The molecule has 0 aliphatic heterocycles. The smallest absolute Gasteiger partial charge is 0.103 e. The maximum absolute atomic E-state index is 9.46. The highest BCUT2D eigenvalue weighted by molar-refractivity contribution is 7.99. The number of nitrogens with zero attached hydrogens (tertiary/aromatic N) is 2. The minimum Gasteiger partial charge on any atom is -0.395 e. The third-order valence-corrected chi connectivity index (χ3v) is 4.52. The summed E-state index contributed by atoms with van der Waals surface area (Å²) >= 11 is 1.70. The molecule has 0 aromatic heterocycles. The Balaban J connectivity index is 2.35. The normalized spacial score (nSPS) is 14.8. The molecule has 3 nitrogen and oxygen atoms in total. The second kappa shape index (κ2) is 6.83. The second-order valence-corrected chi connectivity index (χ2v) is 6.00. The van der Waals surface area contributed by atoms with Crippen LogP contribution in [0.15, 0.2) is 23.1 Å². The summed E-state index contributed by atoms with van der Waals surface area (Å²) in [6.45, 7) is 2.84. The van der Waals surface area contributed by atoms with Gasteiger partial charge in [-0.1, -0.05) is 13.0 Å². The van der Waals surface area contributed by atoms with Gasteiger partial charge in [-0.25, -0.2) is 0 Å². The first-order valence-electron chi connectivity index (χ1n) is 6.85. The first kappa shape index (κ1) is 14.2. The van der Waals surface area contributed by atoms with Crippen molar-refractivity contribution in [2.75, 3.05) is 23.8 Å². The molecule has 0 spiro atoms. The van der Waals surface area contributed by atoms with Crippen molar-refractivity contribution < 1.29 is 5.11 Å². The van der Waals surface area contributed by atoms with Crippen LogP contribution in [0.3, 0.4) is 0 Å². The zero-order valence-corrected chi connectivity index (χ0v) is 12.1. The van der Waals surface area contributed by atoms with Gasteiger partial charge >= 0.3 is 0 Å². The topological polar surface area (TPSA) is 47.3 Å². The van der Waals surface area contributed by atoms with E-state index in [1.165, 1.54) is 6.42 Å². The van der Waals surface area contributed by atoms with Crippen molar-refractivity contribution in [2.45, 2.75) is 37.1 Å². The Hall–Kier alpha value is -1.18. The maximum Gasteiger partial charge on any atom is 0.103 e. The fourth-order valence-corrected chi connectivity index (χ4v) is 3.23. The second-order valence-electron chi connectivity index (χ2n) is 4.70. The van der Waals surface area contributed by atoms with Gasteiger partial charge in [-0.05, 0) is 37.1 Å². The minimum atomic E-state index is 0.131. The monoisotopic (exact) mass is 276 g/mol. The van der Waals surface area contributed by atoms with Crippen molar-refractivity contribution in [3.63, 3.8) is 0 Å². The summed E-state index contributed by atoms with van der Waals surface area (Å²) in [5, 5.41) is 18.7. The van der Waals surface area contributed by atoms with Crippen LogP contribution < -0.4 is 4.90 Å². The molecule has 19 heavy (non-hydrogen) atoms. The van der Waals surface area contributed by atoms with E-state index in [1.807, 2.05) is 18.2 Å². The molecule has 1 N–H and O–H groups in total. The molecule has 4 heteroatoms. The van der Waals surface area contributed by atoms with Crippen molar-refractivity contribution in [3.8, 4) is 6.07 Å². The Morgan fingerprint density at radius 2 is 2.26 bits per heavy atom. The number of aliphatic hydroxyl groups is 1. The minimum absolute atomic E-state index is 0.131. The van der Waals surface area contributed by atoms with Crippen molar-refractivity contribution in [1.82, 2.24) is 0 Å². The lowest BCUT2D eigenvalue weighted by atomic mass is 9.90. The van der Waals surface area contributed by atoms with Crippen molar-refractivity contribution in [1.29, 1.82) is 5.26 Å². The predicted octanol–water partition coefficient (Wildman–Crippen LogP) is 3.02. The van der Waals surface area contributed by atoms with Gasteiger partial charge in [-0.3, -0.25) is 0 Å². The molecule has 0 amide bonds. The molecule has 1 saturated carbocycles. The molecule has 0 saturated heterocycles. The first-order chi connectivity index (χ1) is 9.31. The molecule has 0 bridgehead atoms. The number of nitriles is 1. The van der Waals surface area contributed by atoms with Crippen LogP contribution in [0, 0.1) is 11.3 Å². The van der Waals surface area contributed by atoms with Crippen LogP contribution in [-0.2, 0) is 0 Å². The Morgan fingerprint density at radius 1 is 1.47 bits per heavy atom. The average molecular weight is 276 g/mol. The summed E-state index contributed by atoms with van der Waals surface area (Å²) in [5.74, 6) is 0.960. The fraction of sp³-hybridized carbons (Fsp3) is 0.533. The number of thioether (sulfide) groups is 1. The van der Waals surface area contributed by atoms with E-state index < -0.39 is 0 Å². The van der Waals surface area contributed by atoms with E-state index in [4.69, 9.17) is 0 Å². The third-order valence-electron chi connectivity index (χ3n) is 3.58. The predicted molar refractivity (Wildman–Crippen MR) is 79.6 cm³/mol. The lowest BCUT2D eigenvalue weighted by Gasteiger charge is -2.39. The molecule has 1 aliphatic carbocycles. The molecule has 0 radical (unpaired) electrons. The van der Waals surface area contributed by atoms with Gasteiger partial charge < -0.3 is 10.0 Å². The highest BCUT2D eigenvalue weighted by Gasteiger charge is 2.27. The lowest BCUT2D eigenvalue weighted by molar-refractivity contribution is 0.283. The van der Waals surface area contributed by atoms with Gasteiger partial charge in [0.2, 0.25) is 0 Å². The van der Waals surface area contributed by atoms with E-state index in [2.05, 4.69) is 17.9 Å². The lowest BCUT2D eigenvalue weighted by Crippen LogP contribution is -2.42. The van der Waals surface area contributed by atoms with E-state index in [0.717, 1.165) is 34.7 Å². The number of rotatable bonds is 6. The molecular weight excluding hydrogens is 256 g/mol. The van der Waals surface area contributed by atoms with E-state index >= 15 is 0 Å². The molecular formula is C15H20N2OS. The Bertz CT molecular complexity index is 466. The Kier molecular flexibility index (Phi) is 5.12. The zero-order chi connectivity index (χ0) is 13.7. The maximum atomic E-state index is 9.46. The standard InChI is InChI=1S/C15H20N2OS/c1-2-19-15-8-4-7-14(13(15)11-16)17(9-10-18)12-5-3-6-12/h4,7-8,12,18H,2-3,5-6,9-10H2,1H3. The van der Waals surface area contributed by atoms with Crippen LogP contribution in [0.2, 0.25) is 0 Å². The summed E-state index contributed by atoms with van der Waals surface area (Å²) in [5.41, 5.74) is 1.74. The molecule has 1 aromatic carbocycles. The summed E-state index contributed by atoms with van der Waals surface area (Å²) < 4.78 is 0. The van der Waals surface area contributed by atoms with Crippen LogP contribution in [0.4, 0.5) is 5.69 Å². The SMILES string of the molecule is CCSc1cccc(N(CCO)C2CCC2)c1C#N. The number of hydrogen-bond donors (Lipinski definition) is 1. The molecule has 0 heterocycles. The quantitative estimate of drug-likeness (QED) is 0.811. The van der Waals surface area contributed by atoms with Crippen molar-refractivity contribution >= 4 is 17.4 Å². The van der Waals surface area contributed by atoms with Gasteiger partial charge in [0.15, 0.2) is 0 Å². The van der Waals surface area contributed by atoms with Gasteiger partial charge in [-0.2, -0.15) is 5.26 Å². The van der Waals surface area contributed by atoms with E-state index in [9.17, 15) is 10.4 Å². The molecule has 1 fully saturated rings. The van der Waals surface area contributed by atoms with E-state index in [-0.39, 0.29) is 6.61 Å². The highest BCUT2D eigenvalue weighted by atomic mass is 32.2. The highest BCUT2D eigenvalue weighted by Crippen LogP contribution is 2.35. The summed E-state index contributed by atoms with van der Waals surface area (Å²) in [4.78, 5) is 3.26. The number of aliphatic hydroxyl groups excluding tert-OH is 1. The molecule has 1 aromatic rings. The van der Waals surface area contributed by atoms with Crippen molar-refractivity contribution in [3.05, 3.63) is 23.8 Å².